The van der Waals surface area contributed by atoms with Crippen molar-refractivity contribution in [1.82, 2.24) is 10.3 Å². The normalized spacial score (nSPS) is 12.6. The van der Waals surface area contributed by atoms with Crippen molar-refractivity contribution in [3.63, 3.8) is 0 Å². The number of rotatable bonds is 6. The fourth-order valence-corrected chi connectivity index (χ4v) is 2.29. The van der Waals surface area contributed by atoms with Crippen molar-refractivity contribution in [2.45, 2.75) is 39.7 Å². The molecule has 0 aliphatic heterocycles. The van der Waals surface area contributed by atoms with E-state index in [1.807, 2.05) is 19.2 Å². The van der Waals surface area contributed by atoms with Crippen LogP contribution in [0, 0.1) is 13.8 Å². The van der Waals surface area contributed by atoms with Gasteiger partial charge in [0, 0.05) is 29.9 Å². The lowest BCUT2D eigenvalue weighted by molar-refractivity contribution is 0.491. The summed E-state index contributed by atoms with van der Waals surface area (Å²) in [6.45, 7) is 7.31. The first kappa shape index (κ1) is 13.8. The molecule has 0 aliphatic carbocycles. The molecular formula is C16H22N2O. The van der Waals surface area contributed by atoms with Crippen molar-refractivity contribution in [3.8, 4) is 0 Å². The maximum atomic E-state index is 5.43. The quantitative estimate of drug-likeness (QED) is 0.860. The molecule has 0 amide bonds. The highest BCUT2D eigenvalue weighted by Crippen LogP contribution is 2.23. The maximum Gasteiger partial charge on any atom is 0.105 e. The van der Waals surface area contributed by atoms with Crippen molar-refractivity contribution in [2.24, 2.45) is 0 Å². The molecule has 2 aromatic rings. The Labute approximate surface area is 115 Å². The number of hydrogen-bond acceptors (Lipinski definition) is 3. The first-order valence-corrected chi connectivity index (χ1v) is 6.90. The Morgan fingerprint density at radius 2 is 2.16 bits per heavy atom. The molecule has 2 heterocycles. The van der Waals surface area contributed by atoms with Crippen LogP contribution in [0.4, 0.5) is 0 Å². The zero-order valence-corrected chi connectivity index (χ0v) is 11.9. The summed E-state index contributed by atoms with van der Waals surface area (Å²) in [5.41, 5.74) is 3.63. The molecule has 0 saturated carbocycles. The van der Waals surface area contributed by atoms with E-state index in [1.165, 1.54) is 11.1 Å². The topological polar surface area (TPSA) is 38.1 Å². The molecule has 1 unspecified atom stereocenters. The minimum atomic E-state index is 0.271. The second-order valence-electron chi connectivity index (χ2n) is 4.91. The molecule has 102 valence electrons. The van der Waals surface area contributed by atoms with E-state index in [0.717, 1.165) is 30.8 Å². The first-order valence-electron chi connectivity index (χ1n) is 6.90. The summed E-state index contributed by atoms with van der Waals surface area (Å²) in [5, 5.41) is 3.59. The molecule has 0 radical (unpaired) electrons. The lowest BCUT2D eigenvalue weighted by atomic mass is 10.00. The fraction of sp³-hybridized carbons (Fsp3) is 0.438. The highest BCUT2D eigenvalue weighted by molar-refractivity contribution is 5.25. The third-order valence-electron chi connectivity index (χ3n) is 3.43. The zero-order chi connectivity index (χ0) is 13.7. The van der Waals surface area contributed by atoms with E-state index >= 15 is 0 Å². The Morgan fingerprint density at radius 3 is 2.79 bits per heavy atom. The van der Waals surface area contributed by atoms with Crippen LogP contribution >= 0.6 is 0 Å². The van der Waals surface area contributed by atoms with E-state index in [4.69, 9.17) is 4.42 Å². The Bertz CT molecular complexity index is 519. The molecule has 3 nitrogen and oxygen atoms in total. The number of pyridine rings is 1. The predicted molar refractivity (Wildman–Crippen MR) is 77.2 cm³/mol. The minimum absolute atomic E-state index is 0.271. The van der Waals surface area contributed by atoms with Crippen LogP contribution in [0.1, 0.15) is 42.0 Å². The van der Waals surface area contributed by atoms with Gasteiger partial charge in [0.15, 0.2) is 0 Å². The zero-order valence-electron chi connectivity index (χ0n) is 11.9. The molecule has 0 bridgehead atoms. The molecule has 0 fully saturated rings. The lowest BCUT2D eigenvalue weighted by Gasteiger charge is -2.18. The molecule has 19 heavy (non-hydrogen) atoms. The van der Waals surface area contributed by atoms with Gasteiger partial charge in [-0.3, -0.25) is 4.98 Å². The van der Waals surface area contributed by atoms with Gasteiger partial charge in [-0.2, -0.15) is 0 Å². The molecule has 0 saturated heterocycles. The SMILES string of the molecule is CCCNC(Cc1ncccc1C)c1ccoc1C. The molecule has 3 heteroatoms. The number of nitrogens with one attached hydrogen (secondary N) is 1. The van der Waals surface area contributed by atoms with E-state index in [9.17, 15) is 0 Å². The van der Waals surface area contributed by atoms with Crippen molar-refractivity contribution < 1.29 is 4.42 Å². The Morgan fingerprint density at radius 1 is 1.32 bits per heavy atom. The molecule has 2 rings (SSSR count). The van der Waals surface area contributed by atoms with Crippen LogP contribution in [-0.2, 0) is 6.42 Å². The summed E-state index contributed by atoms with van der Waals surface area (Å²) in [7, 11) is 0. The number of aryl methyl sites for hydroxylation is 2. The molecule has 0 aliphatic rings. The van der Waals surface area contributed by atoms with Gasteiger partial charge in [-0.05, 0) is 44.5 Å². The van der Waals surface area contributed by atoms with E-state index in [-0.39, 0.29) is 6.04 Å². The van der Waals surface area contributed by atoms with Gasteiger partial charge in [-0.15, -0.1) is 0 Å². The van der Waals surface area contributed by atoms with Gasteiger partial charge >= 0.3 is 0 Å². The highest BCUT2D eigenvalue weighted by Gasteiger charge is 2.17. The predicted octanol–water partition coefficient (Wildman–Crippen LogP) is 3.57. The Kier molecular flexibility index (Phi) is 4.74. The van der Waals surface area contributed by atoms with Gasteiger partial charge < -0.3 is 9.73 Å². The van der Waals surface area contributed by atoms with Gasteiger partial charge in [-0.1, -0.05) is 13.0 Å². The third kappa shape index (κ3) is 3.44. The highest BCUT2D eigenvalue weighted by atomic mass is 16.3. The molecule has 2 aromatic heterocycles. The van der Waals surface area contributed by atoms with Crippen LogP contribution in [0.2, 0.25) is 0 Å². The molecule has 0 spiro atoms. The van der Waals surface area contributed by atoms with Crippen molar-refractivity contribution in [2.75, 3.05) is 6.54 Å². The van der Waals surface area contributed by atoms with Crippen LogP contribution < -0.4 is 5.32 Å². The van der Waals surface area contributed by atoms with Gasteiger partial charge in [0.05, 0.1) is 6.26 Å². The van der Waals surface area contributed by atoms with E-state index in [1.54, 1.807) is 6.26 Å². The average molecular weight is 258 g/mol. The average Bonchev–Trinajstić information content (AvgIpc) is 2.83. The van der Waals surface area contributed by atoms with Gasteiger partial charge in [-0.25, -0.2) is 0 Å². The van der Waals surface area contributed by atoms with Crippen molar-refractivity contribution >= 4 is 0 Å². The number of aromatic nitrogens is 1. The summed E-state index contributed by atoms with van der Waals surface area (Å²) in [5.74, 6) is 0.988. The van der Waals surface area contributed by atoms with Crippen LogP contribution in [0.15, 0.2) is 35.1 Å². The summed E-state index contributed by atoms with van der Waals surface area (Å²) in [6.07, 6.45) is 5.64. The Balaban J connectivity index is 2.19. The van der Waals surface area contributed by atoms with Gasteiger partial charge in [0.1, 0.15) is 5.76 Å². The van der Waals surface area contributed by atoms with Crippen LogP contribution in [0.25, 0.3) is 0 Å². The second-order valence-corrected chi connectivity index (χ2v) is 4.91. The van der Waals surface area contributed by atoms with E-state index in [0.29, 0.717) is 0 Å². The summed E-state index contributed by atoms with van der Waals surface area (Å²) in [6, 6.07) is 6.42. The standard InChI is InChI=1S/C16H22N2O/c1-4-8-17-16(14-7-10-19-13(14)3)11-15-12(2)6-5-9-18-15/h5-7,9-10,16-17H,4,8,11H2,1-3H3. The van der Waals surface area contributed by atoms with Crippen molar-refractivity contribution in [3.05, 3.63) is 53.2 Å². The Hall–Kier alpha value is -1.61. The van der Waals surface area contributed by atoms with Crippen molar-refractivity contribution in [1.29, 1.82) is 0 Å². The summed E-state index contributed by atoms with van der Waals surface area (Å²) in [4.78, 5) is 4.50. The minimum Gasteiger partial charge on any atom is -0.469 e. The third-order valence-corrected chi connectivity index (χ3v) is 3.43. The largest absolute Gasteiger partial charge is 0.469 e. The fourth-order valence-electron chi connectivity index (χ4n) is 2.29. The lowest BCUT2D eigenvalue weighted by Crippen LogP contribution is -2.25. The monoisotopic (exact) mass is 258 g/mol. The summed E-state index contributed by atoms with van der Waals surface area (Å²) >= 11 is 0. The molecular weight excluding hydrogens is 236 g/mol. The van der Waals surface area contributed by atoms with Crippen LogP contribution in [0.5, 0.6) is 0 Å². The smallest absolute Gasteiger partial charge is 0.105 e. The molecule has 0 aromatic carbocycles. The van der Waals surface area contributed by atoms with Crippen LogP contribution in [-0.4, -0.2) is 11.5 Å². The van der Waals surface area contributed by atoms with Crippen LogP contribution in [0.3, 0.4) is 0 Å². The maximum absolute atomic E-state index is 5.43. The van der Waals surface area contributed by atoms with Gasteiger partial charge in [0.25, 0.3) is 0 Å². The van der Waals surface area contributed by atoms with E-state index < -0.39 is 0 Å². The molecule has 1 N–H and O–H groups in total. The number of hydrogen-bond donors (Lipinski definition) is 1. The van der Waals surface area contributed by atoms with Gasteiger partial charge in [0.2, 0.25) is 0 Å². The van der Waals surface area contributed by atoms with E-state index in [2.05, 4.69) is 36.3 Å². The second kappa shape index (κ2) is 6.53. The number of nitrogens with zero attached hydrogens (tertiary/aromatic N) is 1. The first-order chi connectivity index (χ1) is 9.22. The number of furan rings is 1. The summed E-state index contributed by atoms with van der Waals surface area (Å²) < 4.78 is 5.43. The molecule has 1 atom stereocenters.